The molecule has 2 aliphatic heterocycles. The van der Waals surface area contributed by atoms with Crippen LogP contribution in [-0.2, 0) is 17.5 Å². The molecule has 1 unspecified atom stereocenters. The van der Waals surface area contributed by atoms with Crippen molar-refractivity contribution >= 4 is 35.2 Å². The normalized spacial score (nSPS) is 17.6. The minimum Gasteiger partial charge on any atom is -0.494 e. The van der Waals surface area contributed by atoms with Crippen molar-refractivity contribution in [1.29, 1.82) is 0 Å². The van der Waals surface area contributed by atoms with Crippen LogP contribution in [0.2, 0.25) is 5.02 Å². The molecule has 1 atom stereocenters. The molecule has 8 nitrogen and oxygen atoms in total. The molecular formula is C29H29ClF3N5O3S. The van der Waals surface area contributed by atoms with Gasteiger partial charge >= 0.3 is 6.18 Å². The first kappa shape index (κ1) is 30.0. The summed E-state index contributed by atoms with van der Waals surface area (Å²) < 4.78 is 52.9. The molecule has 0 aliphatic carbocycles. The van der Waals surface area contributed by atoms with Crippen molar-refractivity contribution < 1.29 is 27.4 Å². The Labute approximate surface area is 250 Å². The number of benzene rings is 2. The highest BCUT2D eigenvalue weighted by Crippen LogP contribution is 2.39. The van der Waals surface area contributed by atoms with E-state index in [1.54, 1.807) is 24.4 Å². The summed E-state index contributed by atoms with van der Waals surface area (Å²) in [6.07, 6.45) is 0.0731. The molecule has 1 aromatic heterocycles. The lowest BCUT2D eigenvalue weighted by molar-refractivity contribution is -0.138. The number of alkyl halides is 3. The van der Waals surface area contributed by atoms with Crippen LogP contribution in [0.4, 0.5) is 19.1 Å². The van der Waals surface area contributed by atoms with Crippen molar-refractivity contribution in [2.45, 2.75) is 42.0 Å². The Hall–Kier alpha value is -3.48. The Bertz CT molecular complexity index is 1480. The van der Waals surface area contributed by atoms with Crippen molar-refractivity contribution in [2.75, 3.05) is 37.6 Å². The van der Waals surface area contributed by atoms with Gasteiger partial charge in [-0.1, -0.05) is 35.5 Å². The molecule has 0 radical (unpaired) electrons. The molecule has 2 aromatic carbocycles. The highest BCUT2D eigenvalue weighted by molar-refractivity contribution is 7.99. The topological polar surface area (TPSA) is 93.8 Å². The number of nitrogens with two attached hydrogens (primary N) is 1. The number of primary amides is 1. The lowest BCUT2D eigenvalue weighted by Gasteiger charge is -2.34. The number of carbonyl (C=O) groups is 1. The SMILES string of the molecule is CC1CC=C(CN2CCN(c3ncc(Sc4ccc(C(N)=O)c(C(F)(F)F)c4)c(OCc4cccc(Cl)c4)n3)CC2)O1. The summed E-state index contributed by atoms with van der Waals surface area (Å²) >= 11 is 7.12. The van der Waals surface area contributed by atoms with E-state index in [1.165, 1.54) is 6.07 Å². The fourth-order valence-electron chi connectivity index (χ4n) is 4.69. The van der Waals surface area contributed by atoms with Crippen LogP contribution in [0.3, 0.4) is 0 Å². The quantitative estimate of drug-likeness (QED) is 0.322. The molecule has 13 heteroatoms. The first-order valence-corrected chi connectivity index (χ1v) is 14.5. The average molecular weight is 620 g/mol. The maximum absolute atomic E-state index is 13.7. The highest BCUT2D eigenvalue weighted by atomic mass is 35.5. The molecule has 5 rings (SSSR count). The Morgan fingerprint density at radius 1 is 1.19 bits per heavy atom. The minimum atomic E-state index is -4.76. The van der Waals surface area contributed by atoms with E-state index >= 15 is 0 Å². The van der Waals surface area contributed by atoms with Crippen LogP contribution in [0, 0.1) is 0 Å². The molecule has 3 heterocycles. The number of amides is 1. The maximum atomic E-state index is 13.7. The molecule has 1 saturated heterocycles. The maximum Gasteiger partial charge on any atom is 0.417 e. The van der Waals surface area contributed by atoms with Gasteiger partial charge in [0.1, 0.15) is 12.4 Å². The van der Waals surface area contributed by atoms with Gasteiger partial charge in [0.2, 0.25) is 17.7 Å². The summed E-state index contributed by atoms with van der Waals surface area (Å²) in [7, 11) is 0. The molecule has 0 saturated carbocycles. The van der Waals surface area contributed by atoms with E-state index in [1.807, 2.05) is 11.0 Å². The van der Waals surface area contributed by atoms with E-state index in [4.69, 9.17) is 26.8 Å². The monoisotopic (exact) mass is 619 g/mol. The van der Waals surface area contributed by atoms with E-state index < -0.39 is 23.2 Å². The number of rotatable bonds is 9. The van der Waals surface area contributed by atoms with Crippen LogP contribution in [0.1, 0.15) is 34.8 Å². The molecule has 0 bridgehead atoms. The number of halogens is 4. The molecule has 222 valence electrons. The highest BCUT2D eigenvalue weighted by Gasteiger charge is 2.35. The van der Waals surface area contributed by atoms with E-state index in [2.05, 4.69) is 27.9 Å². The predicted octanol–water partition coefficient (Wildman–Crippen LogP) is 5.79. The molecule has 0 spiro atoms. The Morgan fingerprint density at radius 2 is 1.98 bits per heavy atom. The standard InChI is InChI=1S/C29H29ClF3N5O3S/c1-18-5-6-21(41-18)16-37-9-11-38(12-10-37)28-35-15-25(27(36-28)40-17-19-3-2-4-20(30)13-19)42-22-7-8-23(26(34)39)24(14-22)29(31,32)33/h2-4,6-8,13-15,18H,5,9-12,16-17H2,1H3,(H2,34,39). The van der Waals surface area contributed by atoms with Gasteiger partial charge < -0.3 is 20.1 Å². The molecule has 1 fully saturated rings. The average Bonchev–Trinajstić information content (AvgIpc) is 3.36. The van der Waals surface area contributed by atoms with Crippen molar-refractivity contribution in [2.24, 2.45) is 5.73 Å². The molecule has 3 aromatic rings. The van der Waals surface area contributed by atoms with Gasteiger partial charge in [-0.15, -0.1) is 0 Å². The molecule has 1 amide bonds. The van der Waals surface area contributed by atoms with Crippen LogP contribution in [0.5, 0.6) is 5.88 Å². The van der Waals surface area contributed by atoms with E-state index in [9.17, 15) is 18.0 Å². The molecule has 2 aliphatic rings. The zero-order chi connectivity index (χ0) is 29.9. The second-order valence-electron chi connectivity index (χ2n) is 10.0. The van der Waals surface area contributed by atoms with Gasteiger partial charge in [0.25, 0.3) is 0 Å². The zero-order valence-electron chi connectivity index (χ0n) is 22.7. The first-order valence-electron chi connectivity index (χ1n) is 13.3. The van der Waals surface area contributed by atoms with Crippen molar-refractivity contribution in [3.63, 3.8) is 0 Å². The van der Waals surface area contributed by atoms with Crippen LogP contribution in [-0.4, -0.2) is 59.6 Å². The van der Waals surface area contributed by atoms with Gasteiger partial charge in [0, 0.05) is 42.5 Å². The third kappa shape index (κ3) is 7.47. The fourth-order valence-corrected chi connectivity index (χ4v) is 5.77. The fraction of sp³-hybridized carbons (Fsp3) is 0.345. The summed E-state index contributed by atoms with van der Waals surface area (Å²) in [5, 5.41) is 0.550. The summed E-state index contributed by atoms with van der Waals surface area (Å²) in [6.45, 7) is 5.91. The predicted molar refractivity (Wildman–Crippen MR) is 154 cm³/mol. The smallest absolute Gasteiger partial charge is 0.417 e. The Balaban J connectivity index is 1.36. The largest absolute Gasteiger partial charge is 0.494 e. The van der Waals surface area contributed by atoms with E-state index in [0.29, 0.717) is 29.0 Å². The number of piperazine rings is 1. The van der Waals surface area contributed by atoms with Gasteiger partial charge in [-0.05, 0) is 48.9 Å². The van der Waals surface area contributed by atoms with Gasteiger partial charge in [-0.2, -0.15) is 18.2 Å². The van der Waals surface area contributed by atoms with Gasteiger partial charge in [0.15, 0.2) is 0 Å². The van der Waals surface area contributed by atoms with E-state index in [-0.39, 0.29) is 23.5 Å². The number of carbonyl (C=O) groups excluding carboxylic acids is 1. The first-order chi connectivity index (χ1) is 20.0. The van der Waals surface area contributed by atoms with Gasteiger partial charge in [-0.25, -0.2) is 4.98 Å². The number of hydrogen-bond acceptors (Lipinski definition) is 8. The van der Waals surface area contributed by atoms with Crippen LogP contribution >= 0.6 is 23.4 Å². The van der Waals surface area contributed by atoms with E-state index in [0.717, 1.165) is 61.3 Å². The Morgan fingerprint density at radius 3 is 2.64 bits per heavy atom. The summed E-state index contributed by atoms with van der Waals surface area (Å²) in [5.41, 5.74) is 4.27. The summed E-state index contributed by atoms with van der Waals surface area (Å²) in [6, 6.07) is 10.5. The Kier molecular flexibility index (Phi) is 9.14. The molecule has 42 heavy (non-hydrogen) atoms. The summed E-state index contributed by atoms with van der Waals surface area (Å²) in [4.78, 5) is 25.8. The number of hydrogen-bond donors (Lipinski definition) is 1. The third-order valence-corrected chi connectivity index (χ3v) is 8.05. The van der Waals surface area contributed by atoms with Crippen molar-refractivity contribution in [1.82, 2.24) is 14.9 Å². The van der Waals surface area contributed by atoms with Crippen molar-refractivity contribution in [3.05, 3.63) is 82.2 Å². The van der Waals surface area contributed by atoms with Crippen LogP contribution in [0.15, 0.2) is 70.3 Å². The summed E-state index contributed by atoms with van der Waals surface area (Å²) in [5.74, 6) is 0.533. The van der Waals surface area contributed by atoms with Gasteiger partial charge in [-0.3, -0.25) is 9.69 Å². The number of anilines is 1. The van der Waals surface area contributed by atoms with Crippen molar-refractivity contribution in [3.8, 4) is 5.88 Å². The number of nitrogens with zero attached hydrogens (tertiary/aromatic N) is 4. The zero-order valence-corrected chi connectivity index (χ0v) is 24.3. The molecule has 2 N–H and O–H groups in total. The van der Waals surface area contributed by atoms with Crippen LogP contribution < -0.4 is 15.4 Å². The number of ether oxygens (including phenoxy) is 2. The lowest BCUT2D eigenvalue weighted by atomic mass is 10.1. The lowest BCUT2D eigenvalue weighted by Crippen LogP contribution is -2.47. The second kappa shape index (κ2) is 12.8. The number of aromatic nitrogens is 2. The second-order valence-corrected chi connectivity index (χ2v) is 11.6. The van der Waals surface area contributed by atoms with Gasteiger partial charge in [0.05, 0.1) is 34.9 Å². The minimum absolute atomic E-state index is 0.139. The molecular weight excluding hydrogens is 591 g/mol. The third-order valence-electron chi connectivity index (χ3n) is 6.83. The van der Waals surface area contributed by atoms with Crippen LogP contribution in [0.25, 0.3) is 0 Å².